The van der Waals surface area contributed by atoms with Crippen molar-refractivity contribution < 1.29 is 28.2 Å². The first kappa shape index (κ1) is 27.6. The van der Waals surface area contributed by atoms with Crippen LogP contribution in [0.1, 0.15) is 94.8 Å². The normalized spacial score (nSPS) is 10.9. The summed E-state index contributed by atoms with van der Waals surface area (Å²) in [4.78, 5) is 11.6. The number of carboxylic acids is 1. The lowest BCUT2D eigenvalue weighted by molar-refractivity contribution is -0.254. The smallest absolute Gasteiger partial charge is 0.201 e. The second-order valence-corrected chi connectivity index (χ2v) is 8.61. The minimum Gasteiger partial charge on any atom is -0.545 e. The molecular formula is C28H37F2O4-. The summed E-state index contributed by atoms with van der Waals surface area (Å²) in [7, 11) is 0. The van der Waals surface area contributed by atoms with Crippen molar-refractivity contribution in [3.8, 4) is 22.6 Å². The summed E-state index contributed by atoms with van der Waals surface area (Å²) in [5.74, 6) is -3.53. The molecule has 0 aliphatic rings. The van der Waals surface area contributed by atoms with Crippen molar-refractivity contribution in [3.63, 3.8) is 0 Å². The molecule has 0 aliphatic carbocycles. The average Bonchev–Trinajstić information content (AvgIpc) is 2.83. The van der Waals surface area contributed by atoms with E-state index in [-0.39, 0.29) is 22.4 Å². The molecule has 0 amide bonds. The van der Waals surface area contributed by atoms with E-state index in [4.69, 9.17) is 9.47 Å². The Morgan fingerprint density at radius 2 is 1.32 bits per heavy atom. The van der Waals surface area contributed by atoms with Gasteiger partial charge in [0.1, 0.15) is 5.75 Å². The molecule has 0 spiro atoms. The van der Waals surface area contributed by atoms with E-state index in [9.17, 15) is 18.7 Å². The molecule has 0 saturated heterocycles. The zero-order chi connectivity index (χ0) is 24.8. The van der Waals surface area contributed by atoms with Gasteiger partial charge in [-0.3, -0.25) is 0 Å². The maximum Gasteiger partial charge on any atom is 0.201 e. The van der Waals surface area contributed by atoms with Crippen molar-refractivity contribution in [3.05, 3.63) is 47.5 Å². The van der Waals surface area contributed by atoms with Gasteiger partial charge in [0.05, 0.1) is 19.2 Å². The molecule has 0 aliphatic heterocycles. The Labute approximate surface area is 202 Å². The number of hydrogen-bond acceptors (Lipinski definition) is 4. The highest BCUT2D eigenvalue weighted by atomic mass is 19.2. The van der Waals surface area contributed by atoms with Crippen molar-refractivity contribution in [1.82, 2.24) is 0 Å². The van der Waals surface area contributed by atoms with Gasteiger partial charge in [-0.15, -0.1) is 0 Å². The van der Waals surface area contributed by atoms with Gasteiger partial charge in [-0.25, -0.2) is 4.39 Å². The van der Waals surface area contributed by atoms with E-state index >= 15 is 0 Å². The monoisotopic (exact) mass is 475 g/mol. The minimum atomic E-state index is -1.47. The van der Waals surface area contributed by atoms with E-state index in [0.717, 1.165) is 51.4 Å². The fourth-order valence-corrected chi connectivity index (χ4v) is 3.83. The summed E-state index contributed by atoms with van der Waals surface area (Å²) >= 11 is 0. The summed E-state index contributed by atoms with van der Waals surface area (Å²) in [5.41, 5.74) is -0.381. The fourth-order valence-electron chi connectivity index (χ4n) is 3.83. The van der Waals surface area contributed by atoms with Crippen molar-refractivity contribution in [1.29, 1.82) is 0 Å². The number of carboxylic acid groups (broad SMARTS) is 1. The number of benzene rings is 2. The molecule has 0 aromatic heterocycles. The highest BCUT2D eigenvalue weighted by Crippen LogP contribution is 2.34. The maximum absolute atomic E-state index is 15.0. The Balaban J connectivity index is 2.08. The van der Waals surface area contributed by atoms with Crippen LogP contribution in [0.4, 0.5) is 8.78 Å². The third kappa shape index (κ3) is 8.62. The quantitative estimate of drug-likeness (QED) is 0.229. The number of halogens is 2. The van der Waals surface area contributed by atoms with Crippen LogP contribution in [0.3, 0.4) is 0 Å². The number of unbranched alkanes of at least 4 members (excludes halogenated alkanes) is 9. The van der Waals surface area contributed by atoms with E-state index in [1.54, 1.807) is 0 Å². The number of carbonyl (C=O) groups is 1. The standard InChI is InChI=1S/C28H38F2O4/c1-3-5-7-9-11-13-19-34-25-17-16-22(26(29)27(25)30)24-20-21(14-15-23(24)28(31)32)33-18-12-10-8-6-4-2/h14-17,20H,3-13,18-19H2,1-2H3,(H,31,32)/p-1. The van der Waals surface area contributed by atoms with Gasteiger partial charge in [0.2, 0.25) is 5.82 Å². The van der Waals surface area contributed by atoms with E-state index in [0.29, 0.717) is 19.0 Å². The third-order valence-electron chi connectivity index (χ3n) is 5.82. The van der Waals surface area contributed by atoms with Crippen molar-refractivity contribution >= 4 is 5.97 Å². The lowest BCUT2D eigenvalue weighted by Gasteiger charge is -2.16. The highest BCUT2D eigenvalue weighted by Gasteiger charge is 2.19. The SMILES string of the molecule is CCCCCCCCOc1ccc(-c2cc(OCCCCCCC)ccc2C(=O)[O-])c(F)c1F. The van der Waals surface area contributed by atoms with Crippen molar-refractivity contribution in [2.45, 2.75) is 84.5 Å². The zero-order valence-corrected chi connectivity index (χ0v) is 20.5. The van der Waals surface area contributed by atoms with Crippen LogP contribution in [0.5, 0.6) is 11.5 Å². The number of carbonyl (C=O) groups excluding carboxylic acids is 1. The predicted octanol–water partition coefficient (Wildman–Crippen LogP) is 7.08. The largest absolute Gasteiger partial charge is 0.545 e. The van der Waals surface area contributed by atoms with Gasteiger partial charge in [0.15, 0.2) is 11.6 Å². The molecule has 6 heteroatoms. The Morgan fingerprint density at radius 3 is 1.94 bits per heavy atom. The molecule has 0 bridgehead atoms. The summed E-state index contributed by atoms with van der Waals surface area (Å²) in [6.07, 6.45) is 11.7. The molecule has 0 fully saturated rings. The molecule has 2 aromatic rings. The molecular weight excluding hydrogens is 438 g/mol. The van der Waals surface area contributed by atoms with Gasteiger partial charge in [-0.1, -0.05) is 71.6 Å². The molecule has 188 valence electrons. The van der Waals surface area contributed by atoms with Crippen LogP contribution < -0.4 is 14.6 Å². The van der Waals surface area contributed by atoms with Gasteiger partial charge < -0.3 is 19.4 Å². The number of rotatable bonds is 17. The first-order valence-electron chi connectivity index (χ1n) is 12.6. The van der Waals surface area contributed by atoms with Gasteiger partial charge in [-0.05, 0) is 48.7 Å². The maximum atomic E-state index is 15.0. The molecule has 0 atom stereocenters. The third-order valence-corrected chi connectivity index (χ3v) is 5.82. The van der Waals surface area contributed by atoms with E-state index in [1.165, 1.54) is 49.6 Å². The van der Waals surface area contributed by atoms with Crippen LogP contribution in [-0.4, -0.2) is 19.2 Å². The number of aromatic carboxylic acids is 1. The number of hydrogen-bond donors (Lipinski definition) is 0. The van der Waals surface area contributed by atoms with Crippen LogP contribution in [0.15, 0.2) is 30.3 Å². The van der Waals surface area contributed by atoms with Gasteiger partial charge in [0.25, 0.3) is 0 Å². The second kappa shape index (κ2) is 15.3. The lowest BCUT2D eigenvalue weighted by Crippen LogP contribution is -2.23. The average molecular weight is 476 g/mol. The Morgan fingerprint density at radius 1 is 0.735 bits per heavy atom. The molecule has 2 rings (SSSR count). The van der Waals surface area contributed by atoms with E-state index in [1.807, 2.05) is 0 Å². The Hall–Kier alpha value is -2.63. The molecule has 0 saturated carbocycles. The second-order valence-electron chi connectivity index (χ2n) is 8.61. The topological polar surface area (TPSA) is 58.6 Å². The molecule has 0 radical (unpaired) electrons. The van der Waals surface area contributed by atoms with Crippen LogP contribution in [-0.2, 0) is 0 Å². The minimum absolute atomic E-state index is 0.0161. The lowest BCUT2D eigenvalue weighted by atomic mass is 9.98. The van der Waals surface area contributed by atoms with E-state index in [2.05, 4.69) is 13.8 Å². The van der Waals surface area contributed by atoms with Crippen molar-refractivity contribution in [2.24, 2.45) is 0 Å². The van der Waals surface area contributed by atoms with Gasteiger partial charge in [0, 0.05) is 11.1 Å². The first-order chi connectivity index (χ1) is 16.5. The molecule has 0 unspecified atom stereocenters. The Bertz CT molecular complexity index is 898. The van der Waals surface area contributed by atoms with Gasteiger partial charge in [-0.2, -0.15) is 4.39 Å². The highest BCUT2D eigenvalue weighted by molar-refractivity contribution is 5.95. The Kier molecular flexibility index (Phi) is 12.4. The van der Waals surface area contributed by atoms with Crippen LogP contribution in [0.25, 0.3) is 11.1 Å². The van der Waals surface area contributed by atoms with Crippen LogP contribution in [0, 0.1) is 11.6 Å². The molecule has 4 nitrogen and oxygen atoms in total. The molecule has 34 heavy (non-hydrogen) atoms. The van der Waals surface area contributed by atoms with Crippen LogP contribution in [0.2, 0.25) is 0 Å². The molecule has 0 heterocycles. The summed E-state index contributed by atoms with van der Waals surface area (Å²) in [6, 6.07) is 6.91. The summed E-state index contributed by atoms with van der Waals surface area (Å²) < 4.78 is 40.8. The van der Waals surface area contributed by atoms with Crippen LogP contribution >= 0.6 is 0 Å². The van der Waals surface area contributed by atoms with E-state index < -0.39 is 17.6 Å². The fraction of sp³-hybridized carbons (Fsp3) is 0.536. The van der Waals surface area contributed by atoms with Crippen molar-refractivity contribution in [2.75, 3.05) is 13.2 Å². The first-order valence-corrected chi connectivity index (χ1v) is 12.6. The predicted molar refractivity (Wildman–Crippen MR) is 129 cm³/mol. The zero-order valence-electron chi connectivity index (χ0n) is 20.5. The summed E-state index contributed by atoms with van der Waals surface area (Å²) in [5, 5.41) is 11.6. The molecule has 2 aromatic carbocycles. The van der Waals surface area contributed by atoms with Gasteiger partial charge >= 0.3 is 0 Å². The molecule has 0 N–H and O–H groups in total. The summed E-state index contributed by atoms with van der Waals surface area (Å²) in [6.45, 7) is 5.07. The number of ether oxygens (including phenoxy) is 2.